The fraction of sp³-hybridized carbons (Fsp3) is 0.182. The third kappa shape index (κ3) is 3.24. The number of fused-ring (bicyclic) bond motifs is 1. The number of H-pyrrole nitrogens is 1. The Hall–Kier alpha value is -3.34. The lowest BCUT2D eigenvalue weighted by molar-refractivity contribution is -0.115. The van der Waals surface area contributed by atoms with E-state index in [-0.39, 0.29) is 5.91 Å². The Morgan fingerprint density at radius 1 is 1.15 bits per heavy atom. The molecule has 134 valence electrons. The zero-order valence-corrected chi connectivity index (χ0v) is 14.7. The van der Waals surface area contributed by atoms with Crippen molar-refractivity contribution >= 4 is 22.5 Å². The fourth-order valence-electron chi connectivity index (χ4n) is 3.31. The van der Waals surface area contributed by atoms with Gasteiger partial charge in [-0.25, -0.2) is 4.98 Å². The van der Waals surface area contributed by atoms with Gasteiger partial charge in [0, 0.05) is 34.3 Å². The minimum atomic E-state index is -0.0387. The van der Waals surface area contributed by atoms with Gasteiger partial charge < -0.3 is 14.7 Å². The maximum absolute atomic E-state index is 12.4. The van der Waals surface area contributed by atoms with E-state index >= 15 is 0 Å². The Labute approximate surface area is 156 Å². The topological polar surface area (TPSA) is 70.9 Å². The third-order valence-electron chi connectivity index (χ3n) is 4.93. The number of hydrogen-bond acceptors (Lipinski definition) is 3. The van der Waals surface area contributed by atoms with Gasteiger partial charge in [-0.1, -0.05) is 18.2 Å². The molecule has 1 aliphatic carbocycles. The van der Waals surface area contributed by atoms with Crippen LogP contribution in [0, 0.1) is 0 Å². The van der Waals surface area contributed by atoms with Gasteiger partial charge in [0.15, 0.2) is 11.7 Å². The molecule has 0 aliphatic heterocycles. The number of para-hydroxylation sites is 1. The summed E-state index contributed by atoms with van der Waals surface area (Å²) in [5.41, 5.74) is 3.77. The Kier molecular flexibility index (Phi) is 3.78. The summed E-state index contributed by atoms with van der Waals surface area (Å²) in [5, 5.41) is 4.04. The first kappa shape index (κ1) is 15.9. The molecule has 0 spiro atoms. The van der Waals surface area contributed by atoms with Gasteiger partial charge in [-0.05, 0) is 48.7 Å². The molecular formula is C22H19N3O2. The molecular weight excluding hydrogens is 338 g/mol. The standard InChI is InChI=1S/C22H19N3O2/c26-21(11-16-12-23-19-4-2-1-3-18(16)19)25-17-9-7-14(8-10-17)20-13-24-22(27-20)15-5-6-15/h1-4,7-10,12-13,15,23H,5-6,11H2,(H,25,26). The summed E-state index contributed by atoms with van der Waals surface area (Å²) in [4.78, 5) is 20.0. The van der Waals surface area contributed by atoms with Crippen molar-refractivity contribution in [2.45, 2.75) is 25.2 Å². The van der Waals surface area contributed by atoms with Gasteiger partial charge in [-0.3, -0.25) is 4.79 Å². The number of benzene rings is 2. The molecule has 1 saturated carbocycles. The second-order valence-electron chi connectivity index (χ2n) is 7.00. The molecule has 27 heavy (non-hydrogen) atoms. The molecule has 2 aromatic carbocycles. The highest BCUT2D eigenvalue weighted by Crippen LogP contribution is 2.40. The van der Waals surface area contributed by atoms with E-state index in [0.29, 0.717) is 12.3 Å². The first-order chi connectivity index (χ1) is 13.3. The monoisotopic (exact) mass is 357 g/mol. The Morgan fingerprint density at radius 3 is 2.78 bits per heavy atom. The van der Waals surface area contributed by atoms with Crippen LogP contribution in [0.4, 0.5) is 5.69 Å². The molecule has 2 heterocycles. The molecule has 5 rings (SSSR count). The normalized spacial score (nSPS) is 13.8. The molecule has 0 saturated heterocycles. The molecule has 0 bridgehead atoms. The second kappa shape index (κ2) is 6.43. The molecule has 1 fully saturated rings. The number of anilines is 1. The summed E-state index contributed by atoms with van der Waals surface area (Å²) in [6.07, 6.45) is 6.34. The summed E-state index contributed by atoms with van der Waals surface area (Å²) in [6, 6.07) is 15.7. The molecule has 1 aliphatic rings. The minimum Gasteiger partial charge on any atom is -0.440 e. The van der Waals surface area contributed by atoms with Crippen molar-refractivity contribution in [3.8, 4) is 11.3 Å². The van der Waals surface area contributed by atoms with E-state index in [0.717, 1.165) is 39.4 Å². The van der Waals surface area contributed by atoms with E-state index in [4.69, 9.17) is 4.42 Å². The number of carbonyl (C=O) groups is 1. The lowest BCUT2D eigenvalue weighted by atomic mass is 10.1. The maximum Gasteiger partial charge on any atom is 0.228 e. The van der Waals surface area contributed by atoms with Gasteiger partial charge in [0.2, 0.25) is 5.91 Å². The molecule has 4 aromatic rings. The Bertz CT molecular complexity index is 1100. The number of carbonyl (C=O) groups excluding carboxylic acids is 1. The molecule has 5 heteroatoms. The predicted octanol–water partition coefficient (Wildman–Crippen LogP) is 4.88. The molecule has 1 amide bonds. The van der Waals surface area contributed by atoms with Crippen molar-refractivity contribution in [3.05, 3.63) is 72.4 Å². The lowest BCUT2D eigenvalue weighted by Gasteiger charge is -2.05. The average Bonchev–Trinajstić information content (AvgIpc) is 3.29. The molecule has 2 N–H and O–H groups in total. The first-order valence-electron chi connectivity index (χ1n) is 9.17. The van der Waals surface area contributed by atoms with Crippen LogP contribution in [0.1, 0.15) is 30.2 Å². The highest BCUT2D eigenvalue weighted by molar-refractivity contribution is 5.95. The second-order valence-corrected chi connectivity index (χ2v) is 7.00. The van der Waals surface area contributed by atoms with E-state index in [9.17, 15) is 4.79 Å². The molecule has 0 atom stereocenters. The summed E-state index contributed by atoms with van der Waals surface area (Å²) in [7, 11) is 0. The largest absolute Gasteiger partial charge is 0.440 e. The highest BCUT2D eigenvalue weighted by Gasteiger charge is 2.28. The molecule has 5 nitrogen and oxygen atoms in total. The number of oxazole rings is 1. The van der Waals surface area contributed by atoms with Crippen molar-refractivity contribution in [2.75, 3.05) is 5.32 Å². The number of nitrogens with zero attached hydrogens (tertiary/aromatic N) is 1. The van der Waals surface area contributed by atoms with Crippen LogP contribution in [0.5, 0.6) is 0 Å². The van der Waals surface area contributed by atoms with E-state index in [1.807, 2.05) is 54.7 Å². The quantitative estimate of drug-likeness (QED) is 0.535. The SMILES string of the molecule is O=C(Cc1c[nH]c2ccccc12)Nc1ccc(-c2cnc(C3CC3)o2)cc1. The van der Waals surface area contributed by atoms with Gasteiger partial charge in [-0.2, -0.15) is 0 Å². The van der Waals surface area contributed by atoms with Crippen molar-refractivity contribution in [2.24, 2.45) is 0 Å². The molecule has 0 radical (unpaired) electrons. The van der Waals surface area contributed by atoms with Crippen LogP contribution < -0.4 is 5.32 Å². The smallest absolute Gasteiger partial charge is 0.228 e. The molecule has 0 unspecified atom stereocenters. The molecule has 2 aromatic heterocycles. The van der Waals surface area contributed by atoms with Gasteiger partial charge in [-0.15, -0.1) is 0 Å². The van der Waals surface area contributed by atoms with Gasteiger partial charge in [0.1, 0.15) is 0 Å². The van der Waals surface area contributed by atoms with Crippen molar-refractivity contribution < 1.29 is 9.21 Å². The summed E-state index contributed by atoms with van der Waals surface area (Å²) in [5.74, 6) is 2.07. The zero-order chi connectivity index (χ0) is 18.2. The average molecular weight is 357 g/mol. The van der Waals surface area contributed by atoms with Gasteiger partial charge in [0.05, 0.1) is 12.6 Å². The van der Waals surface area contributed by atoms with Crippen LogP contribution >= 0.6 is 0 Å². The Balaban J connectivity index is 1.26. The van der Waals surface area contributed by atoms with E-state index in [2.05, 4.69) is 15.3 Å². The lowest BCUT2D eigenvalue weighted by Crippen LogP contribution is -2.14. The number of nitrogens with one attached hydrogen (secondary N) is 2. The summed E-state index contributed by atoms with van der Waals surface area (Å²) >= 11 is 0. The fourth-order valence-corrected chi connectivity index (χ4v) is 3.31. The van der Waals surface area contributed by atoms with Crippen LogP contribution in [0.3, 0.4) is 0 Å². The van der Waals surface area contributed by atoms with Crippen LogP contribution in [-0.4, -0.2) is 15.9 Å². The van der Waals surface area contributed by atoms with Gasteiger partial charge >= 0.3 is 0 Å². The van der Waals surface area contributed by atoms with Gasteiger partial charge in [0.25, 0.3) is 0 Å². The van der Waals surface area contributed by atoms with Crippen LogP contribution in [-0.2, 0) is 11.2 Å². The maximum atomic E-state index is 12.4. The minimum absolute atomic E-state index is 0.0387. The zero-order valence-electron chi connectivity index (χ0n) is 14.7. The van der Waals surface area contributed by atoms with Crippen LogP contribution in [0.25, 0.3) is 22.2 Å². The summed E-state index contributed by atoms with van der Waals surface area (Å²) in [6.45, 7) is 0. The van der Waals surface area contributed by atoms with Crippen molar-refractivity contribution in [1.29, 1.82) is 0 Å². The van der Waals surface area contributed by atoms with Crippen molar-refractivity contribution in [1.82, 2.24) is 9.97 Å². The Morgan fingerprint density at radius 2 is 1.96 bits per heavy atom. The van der Waals surface area contributed by atoms with Crippen LogP contribution in [0.2, 0.25) is 0 Å². The predicted molar refractivity (Wildman–Crippen MR) is 105 cm³/mol. The van der Waals surface area contributed by atoms with E-state index < -0.39 is 0 Å². The number of aromatic nitrogens is 2. The third-order valence-corrected chi connectivity index (χ3v) is 4.93. The number of aromatic amines is 1. The first-order valence-corrected chi connectivity index (χ1v) is 9.17. The highest BCUT2D eigenvalue weighted by atomic mass is 16.4. The van der Waals surface area contributed by atoms with Crippen molar-refractivity contribution in [3.63, 3.8) is 0 Å². The van der Waals surface area contributed by atoms with Crippen LogP contribution in [0.15, 0.2) is 65.3 Å². The number of rotatable bonds is 5. The van der Waals surface area contributed by atoms with E-state index in [1.54, 1.807) is 6.20 Å². The number of hydrogen-bond donors (Lipinski definition) is 2. The number of amides is 1. The summed E-state index contributed by atoms with van der Waals surface area (Å²) < 4.78 is 5.82. The van der Waals surface area contributed by atoms with E-state index in [1.165, 1.54) is 12.8 Å².